The van der Waals surface area contributed by atoms with E-state index < -0.39 is 11.5 Å². The predicted octanol–water partition coefficient (Wildman–Crippen LogP) is 1.95. The van der Waals surface area contributed by atoms with Crippen LogP contribution in [-0.4, -0.2) is 48.2 Å². The topological polar surface area (TPSA) is 52.6 Å². The van der Waals surface area contributed by atoms with Gasteiger partial charge in [0.15, 0.2) is 0 Å². The fourth-order valence-corrected chi connectivity index (χ4v) is 2.77. The summed E-state index contributed by atoms with van der Waals surface area (Å²) >= 11 is 0. The minimum absolute atomic E-state index is 0.471. The van der Waals surface area contributed by atoms with Crippen LogP contribution in [-0.2, 0) is 4.79 Å². The molecule has 1 fully saturated rings. The monoisotopic (exact) mass is 256 g/mol. The number of nitrogens with zero attached hydrogens (tertiary/aromatic N) is 1. The van der Waals surface area contributed by atoms with Gasteiger partial charge in [0, 0.05) is 13.1 Å². The summed E-state index contributed by atoms with van der Waals surface area (Å²) in [7, 11) is 1.72. The molecule has 0 aromatic heterocycles. The highest BCUT2D eigenvalue weighted by Crippen LogP contribution is 2.37. The normalized spacial score (nSPS) is 22.9. The Hall–Kier alpha value is -0.610. The number of carboxylic acids is 1. The highest BCUT2D eigenvalue weighted by Gasteiger charge is 2.37. The number of likely N-dealkylation sites (N-methyl/N-ethyl adjacent to an activating group) is 1. The van der Waals surface area contributed by atoms with E-state index in [2.05, 4.69) is 24.1 Å². The van der Waals surface area contributed by atoms with Gasteiger partial charge in [0.1, 0.15) is 5.54 Å². The van der Waals surface area contributed by atoms with Crippen molar-refractivity contribution in [1.82, 2.24) is 10.2 Å². The van der Waals surface area contributed by atoms with Crippen LogP contribution < -0.4 is 5.32 Å². The number of hydrogen-bond donors (Lipinski definition) is 2. The molecule has 0 aromatic rings. The van der Waals surface area contributed by atoms with Crippen LogP contribution in [0.25, 0.3) is 0 Å². The molecule has 18 heavy (non-hydrogen) atoms. The minimum atomic E-state index is -0.802. The molecule has 1 aliphatic rings. The van der Waals surface area contributed by atoms with Crippen LogP contribution in [0.4, 0.5) is 0 Å². The van der Waals surface area contributed by atoms with Crippen molar-refractivity contribution >= 4 is 5.97 Å². The lowest BCUT2D eigenvalue weighted by molar-refractivity contribution is -0.144. The molecule has 4 nitrogen and oxygen atoms in total. The first kappa shape index (κ1) is 15.4. The van der Waals surface area contributed by atoms with Gasteiger partial charge in [-0.15, -0.1) is 0 Å². The molecule has 2 N–H and O–H groups in total. The zero-order chi connectivity index (χ0) is 13.8. The van der Waals surface area contributed by atoms with E-state index in [1.807, 2.05) is 0 Å². The first-order valence-electron chi connectivity index (χ1n) is 7.06. The first-order chi connectivity index (χ1) is 8.41. The lowest BCUT2D eigenvalue weighted by Crippen LogP contribution is -2.49. The standard InChI is InChI=1S/C14H28N2O2/c1-5-14(6-2)8-10-16(11-14)9-7-13(3,15-4)12(17)18/h15H,5-11H2,1-4H3,(H,17,18). The van der Waals surface area contributed by atoms with Crippen molar-refractivity contribution in [3.8, 4) is 0 Å². The number of carbonyl (C=O) groups is 1. The van der Waals surface area contributed by atoms with Crippen LogP contribution in [0.1, 0.15) is 46.5 Å². The van der Waals surface area contributed by atoms with Gasteiger partial charge in [-0.1, -0.05) is 13.8 Å². The number of likely N-dealkylation sites (tertiary alicyclic amines) is 1. The van der Waals surface area contributed by atoms with Gasteiger partial charge in [0.2, 0.25) is 0 Å². The molecule has 0 amide bonds. The van der Waals surface area contributed by atoms with Gasteiger partial charge in [-0.05, 0) is 51.6 Å². The molecular weight excluding hydrogens is 228 g/mol. The molecule has 0 radical (unpaired) electrons. The summed E-state index contributed by atoms with van der Waals surface area (Å²) in [6.45, 7) is 9.40. The van der Waals surface area contributed by atoms with Crippen LogP contribution in [0.3, 0.4) is 0 Å². The molecule has 4 heteroatoms. The van der Waals surface area contributed by atoms with Crippen molar-refractivity contribution in [1.29, 1.82) is 0 Å². The molecule has 0 aliphatic carbocycles. The van der Waals surface area contributed by atoms with E-state index >= 15 is 0 Å². The molecule has 1 unspecified atom stereocenters. The third-order valence-corrected chi connectivity index (χ3v) is 4.97. The van der Waals surface area contributed by atoms with Gasteiger partial charge >= 0.3 is 5.97 Å². The maximum atomic E-state index is 11.2. The van der Waals surface area contributed by atoms with Crippen molar-refractivity contribution in [3.63, 3.8) is 0 Å². The van der Waals surface area contributed by atoms with Crippen LogP contribution in [0.15, 0.2) is 0 Å². The van der Waals surface area contributed by atoms with Gasteiger partial charge in [-0.25, -0.2) is 0 Å². The van der Waals surface area contributed by atoms with Crippen molar-refractivity contribution in [2.24, 2.45) is 5.41 Å². The first-order valence-corrected chi connectivity index (χ1v) is 7.06. The zero-order valence-electron chi connectivity index (χ0n) is 12.3. The summed E-state index contributed by atoms with van der Waals surface area (Å²) < 4.78 is 0. The minimum Gasteiger partial charge on any atom is -0.480 e. The number of rotatable bonds is 7. The second-order valence-corrected chi connectivity index (χ2v) is 5.87. The van der Waals surface area contributed by atoms with Crippen LogP contribution in [0.5, 0.6) is 0 Å². The molecule has 0 aromatic carbocycles. The Morgan fingerprint density at radius 3 is 2.44 bits per heavy atom. The van der Waals surface area contributed by atoms with Gasteiger partial charge < -0.3 is 15.3 Å². The van der Waals surface area contributed by atoms with E-state index in [0.717, 1.165) is 19.6 Å². The fourth-order valence-electron chi connectivity index (χ4n) is 2.77. The summed E-state index contributed by atoms with van der Waals surface area (Å²) in [5.41, 5.74) is -0.330. The Labute approximate surface area is 111 Å². The van der Waals surface area contributed by atoms with E-state index in [-0.39, 0.29) is 0 Å². The molecule has 1 saturated heterocycles. The lowest BCUT2D eigenvalue weighted by Gasteiger charge is -2.29. The summed E-state index contributed by atoms with van der Waals surface area (Å²) in [5.74, 6) is -0.763. The van der Waals surface area contributed by atoms with Crippen LogP contribution in [0, 0.1) is 5.41 Å². The molecule has 0 spiro atoms. The molecule has 1 aliphatic heterocycles. The number of hydrogen-bond acceptors (Lipinski definition) is 3. The van der Waals surface area contributed by atoms with E-state index in [9.17, 15) is 9.90 Å². The van der Waals surface area contributed by atoms with E-state index in [0.29, 0.717) is 11.8 Å². The Morgan fingerprint density at radius 1 is 1.44 bits per heavy atom. The highest BCUT2D eigenvalue weighted by molar-refractivity contribution is 5.78. The van der Waals surface area contributed by atoms with Gasteiger partial charge in [0.25, 0.3) is 0 Å². The fraction of sp³-hybridized carbons (Fsp3) is 0.929. The molecule has 1 heterocycles. The van der Waals surface area contributed by atoms with Gasteiger partial charge in [-0.3, -0.25) is 4.79 Å². The largest absolute Gasteiger partial charge is 0.480 e. The molecule has 0 saturated carbocycles. The summed E-state index contributed by atoms with van der Waals surface area (Å²) in [6.07, 6.45) is 4.36. The van der Waals surface area contributed by atoms with Crippen molar-refractivity contribution in [3.05, 3.63) is 0 Å². The number of aliphatic carboxylic acids is 1. The molecule has 1 rings (SSSR count). The average Bonchev–Trinajstić information content (AvgIpc) is 2.80. The predicted molar refractivity (Wildman–Crippen MR) is 73.8 cm³/mol. The van der Waals surface area contributed by atoms with Crippen molar-refractivity contribution in [2.75, 3.05) is 26.7 Å². The Kier molecular flexibility index (Phi) is 5.17. The van der Waals surface area contributed by atoms with Gasteiger partial charge in [0.05, 0.1) is 0 Å². The zero-order valence-corrected chi connectivity index (χ0v) is 12.3. The Bertz CT molecular complexity index is 290. The van der Waals surface area contributed by atoms with Crippen molar-refractivity contribution in [2.45, 2.75) is 52.0 Å². The summed E-state index contributed by atoms with van der Waals surface area (Å²) in [5, 5.41) is 12.1. The number of nitrogens with one attached hydrogen (secondary N) is 1. The average molecular weight is 256 g/mol. The smallest absolute Gasteiger partial charge is 0.323 e. The van der Waals surface area contributed by atoms with E-state index in [4.69, 9.17) is 0 Å². The summed E-state index contributed by atoms with van der Waals surface area (Å²) in [4.78, 5) is 13.6. The van der Waals surface area contributed by atoms with Crippen LogP contribution in [0.2, 0.25) is 0 Å². The maximum absolute atomic E-state index is 11.2. The quantitative estimate of drug-likeness (QED) is 0.731. The Morgan fingerprint density at radius 2 is 2.06 bits per heavy atom. The lowest BCUT2D eigenvalue weighted by atomic mass is 9.82. The molecule has 0 bridgehead atoms. The molecule has 1 atom stereocenters. The van der Waals surface area contributed by atoms with Gasteiger partial charge in [-0.2, -0.15) is 0 Å². The van der Waals surface area contributed by atoms with E-state index in [1.165, 1.54) is 19.3 Å². The SMILES string of the molecule is CCC1(CC)CCN(CCC(C)(NC)C(=O)O)C1. The van der Waals surface area contributed by atoms with Crippen molar-refractivity contribution < 1.29 is 9.90 Å². The second kappa shape index (κ2) is 6.02. The third kappa shape index (κ3) is 3.23. The van der Waals surface area contributed by atoms with E-state index in [1.54, 1.807) is 14.0 Å². The second-order valence-electron chi connectivity index (χ2n) is 5.87. The number of carboxylic acid groups (broad SMARTS) is 1. The molecule has 106 valence electrons. The highest BCUT2D eigenvalue weighted by atomic mass is 16.4. The summed E-state index contributed by atoms with van der Waals surface area (Å²) in [6, 6.07) is 0. The third-order valence-electron chi connectivity index (χ3n) is 4.97. The Balaban J connectivity index is 2.49. The molecular formula is C14H28N2O2. The maximum Gasteiger partial charge on any atom is 0.323 e. The van der Waals surface area contributed by atoms with Crippen LogP contribution >= 0.6 is 0 Å².